The molecule has 0 fully saturated rings. The van der Waals surface area contributed by atoms with Gasteiger partial charge in [0.25, 0.3) is 0 Å². The maximum absolute atomic E-state index is 5.66. The molecule has 0 aliphatic carbocycles. The summed E-state index contributed by atoms with van der Waals surface area (Å²) >= 11 is 0. The number of nitrogens with one attached hydrogen (secondary N) is 1. The van der Waals surface area contributed by atoms with Crippen LogP contribution < -0.4 is 11.3 Å². The third kappa shape index (κ3) is 3.14. The summed E-state index contributed by atoms with van der Waals surface area (Å²) in [5.41, 5.74) is 4.53. The van der Waals surface area contributed by atoms with E-state index in [0.717, 1.165) is 11.4 Å². The molecular formula is C12H18N6O. The van der Waals surface area contributed by atoms with Crippen molar-refractivity contribution in [2.45, 2.75) is 19.5 Å². The number of nitrogens with zero attached hydrogens (tertiary/aromatic N) is 4. The third-order valence-electron chi connectivity index (χ3n) is 2.81. The van der Waals surface area contributed by atoms with Crippen molar-refractivity contribution in [1.29, 1.82) is 0 Å². The highest BCUT2D eigenvalue weighted by Crippen LogP contribution is 2.19. The Balaban J connectivity index is 2.29. The second-order valence-electron chi connectivity index (χ2n) is 4.10. The van der Waals surface area contributed by atoms with Crippen LogP contribution in [-0.4, -0.2) is 33.5 Å². The van der Waals surface area contributed by atoms with E-state index < -0.39 is 0 Å². The zero-order valence-corrected chi connectivity index (χ0v) is 11.1. The van der Waals surface area contributed by atoms with Crippen molar-refractivity contribution in [3.8, 4) is 0 Å². The summed E-state index contributed by atoms with van der Waals surface area (Å²) < 4.78 is 6.92. The van der Waals surface area contributed by atoms with Crippen molar-refractivity contribution in [3.05, 3.63) is 41.7 Å². The number of hydrazine groups is 1. The predicted molar refractivity (Wildman–Crippen MR) is 70.0 cm³/mol. The van der Waals surface area contributed by atoms with E-state index in [9.17, 15) is 0 Å². The monoisotopic (exact) mass is 262 g/mol. The summed E-state index contributed by atoms with van der Waals surface area (Å²) in [5, 5.41) is 4.27. The van der Waals surface area contributed by atoms with Crippen molar-refractivity contribution < 1.29 is 4.74 Å². The Morgan fingerprint density at radius 2 is 2.26 bits per heavy atom. The number of rotatable bonds is 6. The normalized spacial score (nSPS) is 12.6. The minimum Gasteiger partial charge on any atom is -0.383 e. The standard InChI is InChI=1S/C12H18N6O/c1-9-14-5-3-10(16-9)12(17-13)11-4-6-15-18(11)7-8-19-2/h3-6,12,17H,7-8,13H2,1-2H3. The van der Waals surface area contributed by atoms with E-state index in [-0.39, 0.29) is 6.04 Å². The van der Waals surface area contributed by atoms with Crippen LogP contribution in [0.1, 0.15) is 23.3 Å². The van der Waals surface area contributed by atoms with Crippen molar-refractivity contribution in [1.82, 2.24) is 25.2 Å². The lowest BCUT2D eigenvalue weighted by molar-refractivity contribution is 0.182. The van der Waals surface area contributed by atoms with Gasteiger partial charge in [0.2, 0.25) is 0 Å². The fourth-order valence-corrected chi connectivity index (χ4v) is 1.91. The maximum atomic E-state index is 5.66. The van der Waals surface area contributed by atoms with E-state index in [4.69, 9.17) is 10.6 Å². The fourth-order valence-electron chi connectivity index (χ4n) is 1.91. The van der Waals surface area contributed by atoms with Crippen LogP contribution in [0.15, 0.2) is 24.5 Å². The van der Waals surface area contributed by atoms with E-state index in [1.807, 2.05) is 23.7 Å². The van der Waals surface area contributed by atoms with Crippen molar-refractivity contribution in [2.24, 2.45) is 5.84 Å². The molecule has 7 heteroatoms. The lowest BCUT2D eigenvalue weighted by Gasteiger charge is -2.17. The highest BCUT2D eigenvalue weighted by atomic mass is 16.5. The first kappa shape index (κ1) is 13.6. The number of ether oxygens (including phenoxy) is 1. The first-order valence-corrected chi connectivity index (χ1v) is 6.02. The Labute approximate surface area is 111 Å². The molecule has 0 spiro atoms. The Morgan fingerprint density at radius 3 is 2.95 bits per heavy atom. The highest BCUT2D eigenvalue weighted by Gasteiger charge is 2.18. The number of methoxy groups -OCH3 is 1. The van der Waals surface area contributed by atoms with Gasteiger partial charge in [0, 0.05) is 19.5 Å². The van der Waals surface area contributed by atoms with E-state index in [2.05, 4.69) is 20.5 Å². The van der Waals surface area contributed by atoms with Crippen LogP contribution >= 0.6 is 0 Å². The van der Waals surface area contributed by atoms with E-state index in [1.54, 1.807) is 19.5 Å². The van der Waals surface area contributed by atoms with Gasteiger partial charge in [0.05, 0.1) is 24.5 Å². The molecule has 0 aliphatic rings. The summed E-state index contributed by atoms with van der Waals surface area (Å²) in [6.07, 6.45) is 3.46. The van der Waals surface area contributed by atoms with Crippen molar-refractivity contribution in [3.63, 3.8) is 0 Å². The SMILES string of the molecule is COCCn1nccc1C(NN)c1ccnc(C)n1. The van der Waals surface area contributed by atoms with E-state index >= 15 is 0 Å². The number of hydrogen-bond donors (Lipinski definition) is 2. The van der Waals surface area contributed by atoms with Crippen LogP contribution in [0.4, 0.5) is 0 Å². The van der Waals surface area contributed by atoms with Crippen LogP contribution in [0.2, 0.25) is 0 Å². The molecule has 2 heterocycles. The topological polar surface area (TPSA) is 90.9 Å². The molecule has 0 amide bonds. The second-order valence-corrected chi connectivity index (χ2v) is 4.10. The Morgan fingerprint density at radius 1 is 1.42 bits per heavy atom. The molecule has 1 unspecified atom stereocenters. The molecule has 0 radical (unpaired) electrons. The van der Waals surface area contributed by atoms with Crippen LogP contribution in [0.3, 0.4) is 0 Å². The molecular weight excluding hydrogens is 244 g/mol. The summed E-state index contributed by atoms with van der Waals surface area (Å²) in [6, 6.07) is 3.53. The number of nitrogens with two attached hydrogens (primary N) is 1. The van der Waals surface area contributed by atoms with Crippen LogP contribution in [0.5, 0.6) is 0 Å². The zero-order valence-electron chi connectivity index (χ0n) is 11.1. The molecule has 0 saturated heterocycles. The van der Waals surface area contributed by atoms with Crippen molar-refractivity contribution in [2.75, 3.05) is 13.7 Å². The van der Waals surface area contributed by atoms with Gasteiger partial charge < -0.3 is 4.74 Å². The lowest BCUT2D eigenvalue weighted by Crippen LogP contribution is -2.31. The Bertz CT molecular complexity index is 526. The lowest BCUT2D eigenvalue weighted by atomic mass is 10.1. The molecule has 1 atom stereocenters. The van der Waals surface area contributed by atoms with E-state index in [1.165, 1.54) is 0 Å². The minimum absolute atomic E-state index is 0.221. The molecule has 2 aromatic rings. The molecule has 0 bridgehead atoms. The van der Waals surface area contributed by atoms with Gasteiger partial charge in [-0.3, -0.25) is 10.5 Å². The quantitative estimate of drug-likeness (QED) is 0.570. The fraction of sp³-hybridized carbons (Fsp3) is 0.417. The molecule has 7 nitrogen and oxygen atoms in total. The first-order valence-electron chi connectivity index (χ1n) is 6.02. The van der Waals surface area contributed by atoms with Gasteiger partial charge in [-0.25, -0.2) is 15.4 Å². The zero-order chi connectivity index (χ0) is 13.7. The number of aryl methyl sites for hydroxylation is 1. The smallest absolute Gasteiger partial charge is 0.125 e. The van der Waals surface area contributed by atoms with Gasteiger partial charge in [-0.15, -0.1) is 0 Å². The van der Waals surface area contributed by atoms with Crippen LogP contribution in [0, 0.1) is 6.92 Å². The number of hydrogen-bond acceptors (Lipinski definition) is 6. The molecule has 102 valence electrons. The number of aromatic nitrogens is 4. The van der Waals surface area contributed by atoms with Crippen molar-refractivity contribution >= 4 is 0 Å². The largest absolute Gasteiger partial charge is 0.383 e. The average Bonchev–Trinajstić information content (AvgIpc) is 2.86. The Hall–Kier alpha value is -1.83. The van der Waals surface area contributed by atoms with Gasteiger partial charge in [-0.1, -0.05) is 0 Å². The molecule has 2 aromatic heterocycles. The van der Waals surface area contributed by atoms with E-state index in [0.29, 0.717) is 19.0 Å². The molecule has 0 aliphatic heterocycles. The molecule has 3 N–H and O–H groups in total. The molecule has 19 heavy (non-hydrogen) atoms. The summed E-state index contributed by atoms with van der Waals surface area (Å²) in [7, 11) is 1.66. The molecule has 0 saturated carbocycles. The molecule has 2 rings (SSSR count). The Kier molecular flexibility index (Phi) is 4.56. The molecule has 0 aromatic carbocycles. The summed E-state index contributed by atoms with van der Waals surface area (Å²) in [5.74, 6) is 6.37. The van der Waals surface area contributed by atoms with Gasteiger partial charge >= 0.3 is 0 Å². The average molecular weight is 262 g/mol. The van der Waals surface area contributed by atoms with Gasteiger partial charge in [0.1, 0.15) is 11.9 Å². The first-order chi connectivity index (χ1) is 9.26. The van der Waals surface area contributed by atoms with Gasteiger partial charge in [-0.2, -0.15) is 5.10 Å². The third-order valence-corrected chi connectivity index (χ3v) is 2.81. The summed E-state index contributed by atoms with van der Waals surface area (Å²) in [4.78, 5) is 8.48. The maximum Gasteiger partial charge on any atom is 0.125 e. The minimum atomic E-state index is -0.221. The van der Waals surface area contributed by atoms with Gasteiger partial charge in [-0.05, 0) is 19.1 Å². The second kappa shape index (κ2) is 6.37. The van der Waals surface area contributed by atoms with Crippen LogP contribution in [-0.2, 0) is 11.3 Å². The summed E-state index contributed by atoms with van der Waals surface area (Å²) in [6.45, 7) is 3.11. The van der Waals surface area contributed by atoms with Gasteiger partial charge in [0.15, 0.2) is 0 Å². The predicted octanol–water partition coefficient (Wildman–Crippen LogP) is 0.181. The van der Waals surface area contributed by atoms with Crippen LogP contribution in [0.25, 0.3) is 0 Å². The highest BCUT2D eigenvalue weighted by molar-refractivity contribution is 5.20.